The summed E-state index contributed by atoms with van der Waals surface area (Å²) in [4.78, 5) is 0. The highest BCUT2D eigenvalue weighted by Crippen LogP contribution is 2.38. The van der Waals surface area contributed by atoms with Crippen molar-refractivity contribution in [1.29, 1.82) is 0 Å². The van der Waals surface area contributed by atoms with E-state index < -0.39 is 0 Å². The number of hydrogen-bond acceptors (Lipinski definition) is 5. The Balaban J connectivity index is 2.57. The zero-order valence-corrected chi connectivity index (χ0v) is 16.0. The van der Waals surface area contributed by atoms with Crippen LogP contribution < -0.4 is 0 Å². The van der Waals surface area contributed by atoms with Gasteiger partial charge in [0.15, 0.2) is 0 Å². The molecule has 1 N–H and O–H groups in total. The summed E-state index contributed by atoms with van der Waals surface area (Å²) in [7, 11) is 0. The van der Waals surface area contributed by atoms with Crippen LogP contribution in [0.1, 0.15) is 59.3 Å². The van der Waals surface area contributed by atoms with Gasteiger partial charge in [0, 0.05) is 19.8 Å². The molecule has 4 atom stereocenters. The summed E-state index contributed by atoms with van der Waals surface area (Å²) in [6, 6.07) is 0. The lowest BCUT2D eigenvalue weighted by molar-refractivity contribution is -0.0777. The average molecular weight is 349 g/mol. The van der Waals surface area contributed by atoms with Crippen LogP contribution >= 0.6 is 11.8 Å². The van der Waals surface area contributed by atoms with E-state index in [4.69, 9.17) is 14.2 Å². The lowest BCUT2D eigenvalue weighted by Crippen LogP contribution is -2.40. The van der Waals surface area contributed by atoms with Crippen molar-refractivity contribution in [3.63, 3.8) is 0 Å². The fourth-order valence-electron chi connectivity index (χ4n) is 2.66. The van der Waals surface area contributed by atoms with Gasteiger partial charge in [-0.1, -0.05) is 40.0 Å². The molecule has 138 valence electrons. The summed E-state index contributed by atoms with van der Waals surface area (Å²) < 4.78 is 18.1. The first kappa shape index (κ1) is 21.2. The third-order valence-electron chi connectivity index (χ3n) is 4.13. The summed E-state index contributed by atoms with van der Waals surface area (Å²) >= 11 is 1.78. The molecule has 0 spiro atoms. The molecule has 0 bridgehead atoms. The minimum atomic E-state index is -0.0202. The van der Waals surface area contributed by atoms with Crippen LogP contribution in [0.2, 0.25) is 0 Å². The quantitative estimate of drug-likeness (QED) is 0.486. The van der Waals surface area contributed by atoms with Crippen LogP contribution in [-0.4, -0.2) is 60.8 Å². The highest BCUT2D eigenvalue weighted by Gasteiger charge is 2.45. The first-order chi connectivity index (χ1) is 11.3. The standard InChI is InChI=1S/C18H36O4S/c1-4-7-10-20-14-16-18(22-12-9-6-3)17(15(13-19)23-16)21-11-8-5-2/h15-19H,4-14H2,1-3H3/t15?,16-,17-,18+/m1/s1. The second kappa shape index (κ2) is 13.5. The Morgan fingerprint density at radius 2 is 1.30 bits per heavy atom. The van der Waals surface area contributed by atoms with Gasteiger partial charge >= 0.3 is 0 Å². The Morgan fingerprint density at radius 1 is 0.783 bits per heavy atom. The summed E-state index contributed by atoms with van der Waals surface area (Å²) in [5.41, 5.74) is 0. The zero-order chi connectivity index (χ0) is 16.9. The molecule has 1 saturated heterocycles. The molecule has 0 aliphatic carbocycles. The number of ether oxygens (including phenoxy) is 3. The number of thioether (sulfide) groups is 1. The van der Waals surface area contributed by atoms with Crippen molar-refractivity contribution < 1.29 is 19.3 Å². The first-order valence-corrected chi connectivity index (χ1v) is 10.3. The van der Waals surface area contributed by atoms with Crippen LogP contribution in [0.15, 0.2) is 0 Å². The number of hydrogen-bond donors (Lipinski definition) is 1. The van der Waals surface area contributed by atoms with E-state index in [1.807, 2.05) is 0 Å². The second-order valence-electron chi connectivity index (χ2n) is 6.20. The Kier molecular flexibility index (Phi) is 12.4. The highest BCUT2D eigenvalue weighted by molar-refractivity contribution is 8.01. The molecule has 1 fully saturated rings. The van der Waals surface area contributed by atoms with Crippen LogP contribution in [0.4, 0.5) is 0 Å². The van der Waals surface area contributed by atoms with E-state index in [-0.39, 0.29) is 29.3 Å². The minimum absolute atomic E-state index is 0.0202. The van der Waals surface area contributed by atoms with Crippen molar-refractivity contribution in [3.05, 3.63) is 0 Å². The van der Waals surface area contributed by atoms with Crippen molar-refractivity contribution in [2.24, 2.45) is 0 Å². The van der Waals surface area contributed by atoms with E-state index in [1.165, 1.54) is 0 Å². The lowest BCUT2D eigenvalue weighted by atomic mass is 10.1. The van der Waals surface area contributed by atoms with Gasteiger partial charge in [-0.25, -0.2) is 0 Å². The molecule has 1 unspecified atom stereocenters. The summed E-state index contributed by atoms with van der Waals surface area (Å²) in [5, 5.41) is 10.1. The van der Waals surface area contributed by atoms with Crippen LogP contribution in [0.3, 0.4) is 0 Å². The van der Waals surface area contributed by atoms with E-state index in [0.717, 1.165) is 58.3 Å². The van der Waals surface area contributed by atoms with E-state index in [9.17, 15) is 5.11 Å². The molecule has 1 aliphatic heterocycles. The van der Waals surface area contributed by atoms with Crippen molar-refractivity contribution in [1.82, 2.24) is 0 Å². The first-order valence-electron chi connectivity index (χ1n) is 9.35. The highest BCUT2D eigenvalue weighted by atomic mass is 32.2. The van der Waals surface area contributed by atoms with Gasteiger partial charge in [0.2, 0.25) is 0 Å². The van der Waals surface area contributed by atoms with Crippen LogP contribution in [0, 0.1) is 0 Å². The topological polar surface area (TPSA) is 47.9 Å². The minimum Gasteiger partial charge on any atom is -0.395 e. The lowest BCUT2D eigenvalue weighted by Gasteiger charge is -2.26. The zero-order valence-electron chi connectivity index (χ0n) is 15.2. The molecule has 0 radical (unpaired) electrons. The molecule has 1 heterocycles. The van der Waals surface area contributed by atoms with Crippen LogP contribution in [0.25, 0.3) is 0 Å². The van der Waals surface area contributed by atoms with Crippen molar-refractivity contribution in [2.45, 2.75) is 82.0 Å². The van der Waals surface area contributed by atoms with Gasteiger partial charge in [-0.2, -0.15) is 0 Å². The molecule has 0 aromatic carbocycles. The smallest absolute Gasteiger partial charge is 0.0989 e. The van der Waals surface area contributed by atoms with Gasteiger partial charge < -0.3 is 19.3 Å². The molecule has 4 nitrogen and oxygen atoms in total. The second-order valence-corrected chi connectivity index (χ2v) is 7.69. The summed E-state index contributed by atoms with van der Waals surface area (Å²) in [6.45, 7) is 9.64. The Hall–Kier alpha value is 0.190. The van der Waals surface area contributed by atoms with Gasteiger partial charge in [0.05, 0.1) is 35.9 Å². The molecule has 0 aromatic rings. The molecule has 1 aliphatic rings. The number of rotatable bonds is 14. The molecule has 0 saturated carbocycles. The predicted octanol–water partition coefficient (Wildman–Crippen LogP) is 3.65. The average Bonchev–Trinajstić information content (AvgIpc) is 2.89. The van der Waals surface area contributed by atoms with E-state index >= 15 is 0 Å². The SMILES string of the molecule is CCCCOC[C@H]1SC(CO)[C@@H](OCCCC)[C@H]1OCCCC. The molecule has 5 heteroatoms. The monoisotopic (exact) mass is 348 g/mol. The molecular formula is C18H36O4S. The number of aliphatic hydroxyl groups is 1. The van der Waals surface area contributed by atoms with Crippen molar-refractivity contribution >= 4 is 11.8 Å². The molecule has 0 aromatic heterocycles. The fourth-order valence-corrected chi connectivity index (χ4v) is 4.15. The largest absolute Gasteiger partial charge is 0.395 e. The van der Waals surface area contributed by atoms with Crippen molar-refractivity contribution in [3.8, 4) is 0 Å². The summed E-state index contributed by atoms with van der Waals surface area (Å²) in [5.74, 6) is 0. The maximum atomic E-state index is 9.71. The predicted molar refractivity (Wildman–Crippen MR) is 97.3 cm³/mol. The fraction of sp³-hybridized carbons (Fsp3) is 1.00. The molecule has 0 amide bonds. The molecule has 1 rings (SSSR count). The molecule has 23 heavy (non-hydrogen) atoms. The normalized spacial score (nSPS) is 27.7. The van der Waals surface area contributed by atoms with Crippen LogP contribution in [0.5, 0.6) is 0 Å². The number of unbranched alkanes of at least 4 members (excludes halogenated alkanes) is 3. The van der Waals surface area contributed by atoms with Crippen LogP contribution in [-0.2, 0) is 14.2 Å². The maximum absolute atomic E-state index is 9.71. The van der Waals surface area contributed by atoms with Gasteiger partial charge in [0.25, 0.3) is 0 Å². The maximum Gasteiger partial charge on any atom is 0.0989 e. The third kappa shape index (κ3) is 7.74. The van der Waals surface area contributed by atoms with Gasteiger partial charge in [0.1, 0.15) is 0 Å². The van der Waals surface area contributed by atoms with Gasteiger partial charge in [-0.05, 0) is 19.3 Å². The van der Waals surface area contributed by atoms with Gasteiger partial charge in [-0.15, -0.1) is 11.8 Å². The van der Waals surface area contributed by atoms with Crippen molar-refractivity contribution in [2.75, 3.05) is 33.0 Å². The summed E-state index contributed by atoms with van der Waals surface area (Å²) in [6.07, 6.45) is 6.62. The number of aliphatic hydroxyl groups excluding tert-OH is 1. The van der Waals surface area contributed by atoms with E-state index in [1.54, 1.807) is 11.8 Å². The van der Waals surface area contributed by atoms with Gasteiger partial charge in [-0.3, -0.25) is 0 Å². The van der Waals surface area contributed by atoms with E-state index in [2.05, 4.69) is 20.8 Å². The third-order valence-corrected chi connectivity index (χ3v) is 5.65. The molecular weight excluding hydrogens is 312 g/mol. The Labute approximate surface area is 146 Å². The van der Waals surface area contributed by atoms with E-state index in [0.29, 0.717) is 6.61 Å². The Bertz CT molecular complexity index is 278. The Morgan fingerprint density at radius 3 is 1.83 bits per heavy atom.